The van der Waals surface area contributed by atoms with Gasteiger partial charge in [-0.15, -0.1) is 0 Å². The van der Waals surface area contributed by atoms with E-state index in [4.69, 9.17) is 9.47 Å². The topological polar surface area (TPSA) is 71.1 Å². The van der Waals surface area contributed by atoms with Crippen molar-refractivity contribution in [3.8, 4) is 5.75 Å². The summed E-state index contributed by atoms with van der Waals surface area (Å²) in [4.78, 5) is 27.9. The molecule has 1 aliphatic heterocycles. The summed E-state index contributed by atoms with van der Waals surface area (Å²) in [6.07, 6.45) is 0.644. The largest absolute Gasteiger partial charge is 0.496 e. The molecule has 26 heavy (non-hydrogen) atoms. The van der Waals surface area contributed by atoms with Crippen molar-refractivity contribution in [2.24, 2.45) is 0 Å². The predicted molar refractivity (Wildman–Crippen MR) is 99.2 cm³/mol. The lowest BCUT2D eigenvalue weighted by molar-refractivity contribution is -0.134. The van der Waals surface area contributed by atoms with Gasteiger partial charge in [0.25, 0.3) is 0 Å². The van der Waals surface area contributed by atoms with Gasteiger partial charge >= 0.3 is 0 Å². The smallest absolute Gasteiger partial charge is 0.239 e. The maximum Gasteiger partial charge on any atom is 0.239 e. The molecule has 1 saturated heterocycles. The van der Waals surface area contributed by atoms with Crippen LogP contribution in [0, 0.1) is 0 Å². The number of morpholine rings is 1. The third-order valence-corrected chi connectivity index (χ3v) is 4.48. The van der Waals surface area contributed by atoms with Crippen LogP contribution in [0.5, 0.6) is 5.75 Å². The average molecular weight is 363 g/mol. The van der Waals surface area contributed by atoms with Gasteiger partial charge < -0.3 is 19.7 Å². The van der Waals surface area contributed by atoms with Crippen LogP contribution in [0.1, 0.15) is 12.5 Å². The number of ether oxygens (including phenoxy) is 2. The van der Waals surface area contributed by atoms with Crippen LogP contribution in [0.25, 0.3) is 0 Å². The van der Waals surface area contributed by atoms with E-state index in [-0.39, 0.29) is 18.4 Å². The highest BCUT2D eigenvalue weighted by Crippen LogP contribution is 2.18. The highest BCUT2D eigenvalue weighted by atomic mass is 16.5. The molecule has 0 aromatic heterocycles. The van der Waals surface area contributed by atoms with E-state index in [0.717, 1.165) is 44.2 Å². The van der Waals surface area contributed by atoms with E-state index in [1.54, 1.807) is 12.0 Å². The van der Waals surface area contributed by atoms with Crippen LogP contribution in [0.3, 0.4) is 0 Å². The van der Waals surface area contributed by atoms with E-state index in [9.17, 15) is 9.59 Å². The summed E-state index contributed by atoms with van der Waals surface area (Å²) in [5.41, 5.74) is 1.02. The Kier molecular flexibility index (Phi) is 8.37. The lowest BCUT2D eigenvalue weighted by Crippen LogP contribution is -2.44. The van der Waals surface area contributed by atoms with Crippen molar-refractivity contribution >= 4 is 11.8 Å². The molecule has 0 bridgehead atoms. The lowest BCUT2D eigenvalue weighted by atomic mass is 10.1. The van der Waals surface area contributed by atoms with Gasteiger partial charge in [0, 0.05) is 39.6 Å². The van der Waals surface area contributed by atoms with E-state index in [1.807, 2.05) is 24.3 Å². The number of hydrogen-bond acceptors (Lipinski definition) is 5. The molecule has 7 nitrogen and oxygen atoms in total. The minimum atomic E-state index is -0.131. The first-order valence-electron chi connectivity index (χ1n) is 9.04. The highest BCUT2D eigenvalue weighted by Gasteiger charge is 2.15. The van der Waals surface area contributed by atoms with Crippen LogP contribution in [0.15, 0.2) is 24.3 Å². The molecule has 0 spiro atoms. The van der Waals surface area contributed by atoms with Crippen LogP contribution >= 0.6 is 0 Å². The van der Waals surface area contributed by atoms with E-state index >= 15 is 0 Å². The van der Waals surface area contributed by atoms with Gasteiger partial charge in [0.2, 0.25) is 11.8 Å². The van der Waals surface area contributed by atoms with Crippen LogP contribution < -0.4 is 10.1 Å². The van der Waals surface area contributed by atoms with Crippen molar-refractivity contribution in [3.05, 3.63) is 29.8 Å². The number of benzene rings is 1. The fourth-order valence-electron chi connectivity index (χ4n) is 2.92. The monoisotopic (exact) mass is 363 g/mol. The summed E-state index contributed by atoms with van der Waals surface area (Å²) in [6, 6.07) is 7.71. The summed E-state index contributed by atoms with van der Waals surface area (Å²) >= 11 is 0. The van der Waals surface area contributed by atoms with Crippen LogP contribution in [-0.4, -0.2) is 81.2 Å². The van der Waals surface area contributed by atoms with E-state index in [2.05, 4.69) is 10.2 Å². The lowest BCUT2D eigenvalue weighted by Gasteiger charge is -2.26. The summed E-state index contributed by atoms with van der Waals surface area (Å²) < 4.78 is 10.6. The number of amides is 2. The third kappa shape index (κ3) is 6.65. The number of carbonyl (C=O) groups is 2. The van der Waals surface area contributed by atoms with Gasteiger partial charge in [-0.1, -0.05) is 18.2 Å². The molecule has 1 N–H and O–H groups in total. The summed E-state index contributed by atoms with van der Waals surface area (Å²) in [5, 5.41) is 2.90. The minimum Gasteiger partial charge on any atom is -0.496 e. The fraction of sp³-hybridized carbons (Fsp3) is 0.579. The Labute approximate surface area is 155 Å². The second-order valence-electron chi connectivity index (χ2n) is 6.31. The molecule has 144 valence electrons. The first-order valence-corrected chi connectivity index (χ1v) is 9.04. The van der Waals surface area contributed by atoms with E-state index in [0.29, 0.717) is 19.5 Å². The third-order valence-electron chi connectivity index (χ3n) is 4.48. The summed E-state index contributed by atoms with van der Waals surface area (Å²) in [6.45, 7) is 6.71. The standard InChI is InChI=1S/C19H29N3O4/c1-16(23)22(9-7-17-5-3-4-6-18(17)25-2)15-19(24)20-8-10-21-11-13-26-14-12-21/h3-6H,7-15H2,1-2H3,(H,20,24). The maximum absolute atomic E-state index is 12.2. The Bertz CT molecular complexity index is 588. The van der Waals surface area contributed by atoms with Gasteiger partial charge in [-0.25, -0.2) is 0 Å². The zero-order valence-electron chi connectivity index (χ0n) is 15.7. The fourth-order valence-corrected chi connectivity index (χ4v) is 2.92. The first kappa shape index (κ1) is 20.2. The Balaban J connectivity index is 1.75. The van der Waals surface area contributed by atoms with Gasteiger partial charge in [-0.05, 0) is 18.1 Å². The number of hydrogen-bond donors (Lipinski definition) is 1. The van der Waals surface area contributed by atoms with Crippen molar-refractivity contribution < 1.29 is 19.1 Å². The zero-order valence-corrected chi connectivity index (χ0v) is 15.7. The molecule has 2 rings (SSSR count). The predicted octanol–water partition coefficient (Wildman–Crippen LogP) is 0.535. The molecule has 1 aromatic carbocycles. The highest BCUT2D eigenvalue weighted by molar-refractivity contribution is 5.83. The van der Waals surface area contributed by atoms with Gasteiger partial charge in [0.05, 0.1) is 26.9 Å². The quantitative estimate of drug-likeness (QED) is 0.693. The second kappa shape index (κ2) is 10.8. The Morgan fingerprint density at radius 2 is 2.00 bits per heavy atom. The molecule has 1 fully saturated rings. The zero-order chi connectivity index (χ0) is 18.8. The van der Waals surface area contributed by atoms with Crippen LogP contribution in [0.4, 0.5) is 0 Å². The van der Waals surface area contributed by atoms with Crippen LogP contribution in [-0.2, 0) is 20.7 Å². The molecular formula is C19H29N3O4. The number of carbonyl (C=O) groups excluding carboxylic acids is 2. The number of rotatable bonds is 9. The molecular weight excluding hydrogens is 334 g/mol. The van der Waals surface area contributed by atoms with Gasteiger partial charge in [-0.2, -0.15) is 0 Å². The van der Waals surface area contributed by atoms with Gasteiger partial charge in [-0.3, -0.25) is 14.5 Å². The average Bonchev–Trinajstić information content (AvgIpc) is 2.66. The number of nitrogens with zero attached hydrogens (tertiary/aromatic N) is 2. The Morgan fingerprint density at radius 1 is 1.27 bits per heavy atom. The Hall–Kier alpha value is -2.12. The number of nitrogens with one attached hydrogen (secondary N) is 1. The van der Waals surface area contributed by atoms with E-state index < -0.39 is 0 Å². The molecule has 1 aliphatic rings. The van der Waals surface area contributed by atoms with Gasteiger partial charge in [0.15, 0.2) is 0 Å². The minimum absolute atomic E-state index is 0.0770. The van der Waals surface area contributed by atoms with Gasteiger partial charge in [0.1, 0.15) is 5.75 Å². The first-order chi connectivity index (χ1) is 12.6. The molecule has 0 atom stereocenters. The SMILES string of the molecule is COc1ccccc1CCN(CC(=O)NCCN1CCOCC1)C(C)=O. The molecule has 1 heterocycles. The molecule has 2 amide bonds. The van der Waals surface area contributed by atoms with E-state index in [1.165, 1.54) is 6.92 Å². The normalized spacial score (nSPS) is 14.7. The number of para-hydroxylation sites is 1. The van der Waals surface area contributed by atoms with Crippen molar-refractivity contribution in [2.45, 2.75) is 13.3 Å². The summed E-state index contributed by atoms with van der Waals surface area (Å²) in [5.74, 6) is 0.558. The van der Waals surface area contributed by atoms with Crippen LogP contribution in [0.2, 0.25) is 0 Å². The van der Waals surface area contributed by atoms with Crippen molar-refractivity contribution in [3.63, 3.8) is 0 Å². The molecule has 0 saturated carbocycles. The molecule has 1 aromatic rings. The molecule has 0 unspecified atom stereocenters. The molecule has 0 aliphatic carbocycles. The van der Waals surface area contributed by atoms with Crippen molar-refractivity contribution in [1.82, 2.24) is 15.1 Å². The second-order valence-corrected chi connectivity index (χ2v) is 6.31. The molecule has 0 radical (unpaired) electrons. The summed E-state index contributed by atoms with van der Waals surface area (Å²) in [7, 11) is 1.63. The Morgan fingerprint density at radius 3 is 2.69 bits per heavy atom. The maximum atomic E-state index is 12.2. The van der Waals surface area contributed by atoms with Crippen molar-refractivity contribution in [1.29, 1.82) is 0 Å². The molecule has 7 heteroatoms. The van der Waals surface area contributed by atoms with Crippen molar-refractivity contribution in [2.75, 3.05) is 59.6 Å². The number of methoxy groups -OCH3 is 1.